The summed E-state index contributed by atoms with van der Waals surface area (Å²) in [4.78, 5) is 14.6. The van der Waals surface area contributed by atoms with Gasteiger partial charge in [0.15, 0.2) is 0 Å². The molecule has 0 spiro atoms. The zero-order valence-electron chi connectivity index (χ0n) is 35.7. The van der Waals surface area contributed by atoms with Crippen LogP contribution in [0.1, 0.15) is 69.4 Å². The van der Waals surface area contributed by atoms with Crippen molar-refractivity contribution in [3.05, 3.63) is 122 Å². The van der Waals surface area contributed by atoms with E-state index < -0.39 is 0 Å². The molecule has 322 valence electrons. The summed E-state index contributed by atoms with van der Waals surface area (Å²) in [5.41, 5.74) is 8.34. The van der Waals surface area contributed by atoms with Crippen LogP contribution in [0, 0.1) is 11.8 Å². The molecule has 11 rings (SSSR count). The van der Waals surface area contributed by atoms with Gasteiger partial charge in [-0.25, -0.2) is 14.2 Å². The lowest BCUT2D eigenvalue weighted by molar-refractivity contribution is -0.0395. The third-order valence-corrected chi connectivity index (χ3v) is 13.2. The standard InChI is InChI=1S/C29H33N5O2.C21H26N4O/c35-29(30-17-22-6-2-1-3-7-22)33-13-11-23(20-33)19-32-14-12-25-16-24(9-10-27(25)32)26-18-31-34(21-26)28-8-4-5-15-36-28;1-2-10-26-21(3-1)25-15-19(13-23-25)17-4-5-20-18(11-17)7-9-24(20)14-16-6-8-22-12-16/h1-3,6-7,9-10,12,14,16,18,21,23,28H,4-5,8,11,13,15,17,19-20H2,(H,30,35);4-5,7,9,11,13,15-16,21-22H,1-3,6,8,10,12,14H2. The van der Waals surface area contributed by atoms with Gasteiger partial charge in [-0.1, -0.05) is 42.5 Å². The number of hydrogen-bond donors (Lipinski definition) is 2. The molecule has 4 fully saturated rings. The van der Waals surface area contributed by atoms with E-state index in [1.54, 1.807) is 0 Å². The molecule has 62 heavy (non-hydrogen) atoms. The van der Waals surface area contributed by atoms with Crippen LogP contribution >= 0.6 is 0 Å². The Bertz CT molecular complexity index is 2550. The van der Waals surface area contributed by atoms with Gasteiger partial charge in [0, 0.05) is 104 Å². The molecule has 0 saturated carbocycles. The Balaban J connectivity index is 0.000000156. The van der Waals surface area contributed by atoms with Gasteiger partial charge in [-0.05, 0) is 129 Å². The number of urea groups is 1. The Morgan fingerprint density at radius 1 is 0.677 bits per heavy atom. The Hall–Kier alpha value is -5.69. The van der Waals surface area contributed by atoms with Crippen LogP contribution in [0.25, 0.3) is 44.1 Å². The number of nitrogens with zero attached hydrogens (tertiary/aromatic N) is 7. The average molecular weight is 834 g/mol. The van der Waals surface area contributed by atoms with Crippen LogP contribution in [0.4, 0.5) is 4.79 Å². The normalized spacial score (nSPS) is 21.6. The Morgan fingerprint density at radius 2 is 1.29 bits per heavy atom. The second-order valence-corrected chi connectivity index (χ2v) is 17.6. The molecule has 4 aliphatic rings. The molecule has 4 unspecified atom stereocenters. The average Bonchev–Trinajstić information content (AvgIpc) is 4.20. The molecule has 4 saturated heterocycles. The first-order valence-corrected chi connectivity index (χ1v) is 22.9. The summed E-state index contributed by atoms with van der Waals surface area (Å²) >= 11 is 0. The van der Waals surface area contributed by atoms with Crippen molar-refractivity contribution in [2.75, 3.05) is 39.4 Å². The van der Waals surface area contributed by atoms with Crippen LogP contribution in [0.3, 0.4) is 0 Å². The molecule has 4 atom stereocenters. The van der Waals surface area contributed by atoms with Crippen LogP contribution in [-0.2, 0) is 29.1 Å². The maximum Gasteiger partial charge on any atom is 0.317 e. The highest BCUT2D eigenvalue weighted by atomic mass is 16.5. The minimum atomic E-state index is 0.0301. The maximum atomic E-state index is 12.6. The molecular weight excluding hydrogens is 775 g/mol. The van der Waals surface area contributed by atoms with E-state index in [0.717, 1.165) is 107 Å². The van der Waals surface area contributed by atoms with E-state index in [9.17, 15) is 4.79 Å². The number of amides is 2. The number of carbonyl (C=O) groups excluding carboxylic acids is 1. The van der Waals surface area contributed by atoms with Crippen molar-refractivity contribution in [1.29, 1.82) is 0 Å². The van der Waals surface area contributed by atoms with E-state index in [2.05, 4.69) is 103 Å². The number of ether oxygens (including phenoxy) is 2. The molecule has 4 aromatic heterocycles. The van der Waals surface area contributed by atoms with E-state index in [1.165, 1.54) is 52.2 Å². The van der Waals surface area contributed by atoms with Crippen molar-refractivity contribution in [3.63, 3.8) is 0 Å². The lowest BCUT2D eigenvalue weighted by atomic mass is 10.1. The van der Waals surface area contributed by atoms with E-state index in [-0.39, 0.29) is 18.5 Å². The Morgan fingerprint density at radius 3 is 1.85 bits per heavy atom. The van der Waals surface area contributed by atoms with Gasteiger partial charge in [0.05, 0.1) is 12.4 Å². The predicted molar refractivity (Wildman–Crippen MR) is 243 cm³/mol. The lowest BCUT2D eigenvalue weighted by Gasteiger charge is -2.22. The molecule has 0 aliphatic carbocycles. The largest absolute Gasteiger partial charge is 0.357 e. The van der Waals surface area contributed by atoms with Gasteiger partial charge in [0.1, 0.15) is 12.5 Å². The van der Waals surface area contributed by atoms with Gasteiger partial charge >= 0.3 is 6.03 Å². The molecule has 12 heteroatoms. The second-order valence-electron chi connectivity index (χ2n) is 17.6. The highest BCUT2D eigenvalue weighted by Crippen LogP contribution is 2.31. The SMILES string of the molecule is O=C(NCc1ccccc1)N1CCC(Cn2ccc3cc(-c4cnn(C5CCCCO5)c4)ccc32)C1.c1cc2c(ccn2CC2CCNC2)cc1-c1cnn(C2CCCCO2)c1. The highest BCUT2D eigenvalue weighted by molar-refractivity contribution is 5.86. The maximum absolute atomic E-state index is 12.6. The van der Waals surface area contributed by atoms with Crippen LogP contribution in [-0.4, -0.2) is 79.0 Å². The van der Waals surface area contributed by atoms with Crippen LogP contribution in [0.5, 0.6) is 0 Å². The van der Waals surface area contributed by atoms with Gasteiger partial charge < -0.3 is 34.1 Å². The van der Waals surface area contributed by atoms with Gasteiger partial charge in [0.25, 0.3) is 0 Å². The van der Waals surface area contributed by atoms with Crippen molar-refractivity contribution in [3.8, 4) is 22.3 Å². The van der Waals surface area contributed by atoms with E-state index in [4.69, 9.17) is 9.47 Å². The Kier molecular flexibility index (Phi) is 12.2. The zero-order chi connectivity index (χ0) is 41.7. The summed E-state index contributed by atoms with van der Waals surface area (Å²) in [6.45, 7) is 8.15. The van der Waals surface area contributed by atoms with E-state index >= 15 is 0 Å². The first kappa shape index (κ1) is 40.4. The van der Waals surface area contributed by atoms with Crippen molar-refractivity contribution >= 4 is 27.8 Å². The van der Waals surface area contributed by atoms with Crippen LogP contribution in [0.15, 0.2) is 116 Å². The number of likely N-dealkylation sites (tertiary alicyclic amines) is 1. The van der Waals surface area contributed by atoms with Gasteiger partial charge in [0.2, 0.25) is 0 Å². The number of aromatic nitrogens is 6. The monoisotopic (exact) mass is 833 g/mol. The van der Waals surface area contributed by atoms with Gasteiger partial charge in [-0.15, -0.1) is 0 Å². The number of carbonyl (C=O) groups is 1. The summed E-state index contributed by atoms with van der Waals surface area (Å²) in [6.07, 6.45) is 21.8. The minimum Gasteiger partial charge on any atom is -0.357 e. The molecular formula is C50H59N9O3. The zero-order valence-corrected chi connectivity index (χ0v) is 35.7. The number of fused-ring (bicyclic) bond motifs is 2. The molecule has 3 aromatic carbocycles. The number of benzene rings is 3. The quantitative estimate of drug-likeness (QED) is 0.142. The molecule has 2 N–H and O–H groups in total. The topological polar surface area (TPSA) is 108 Å². The third kappa shape index (κ3) is 9.23. The summed E-state index contributed by atoms with van der Waals surface area (Å²) in [7, 11) is 0. The van der Waals surface area contributed by atoms with Crippen molar-refractivity contribution in [1.82, 2.24) is 44.2 Å². The summed E-state index contributed by atoms with van der Waals surface area (Å²) < 4.78 is 20.4. The molecule has 0 radical (unpaired) electrons. The number of hydrogen-bond acceptors (Lipinski definition) is 6. The molecule has 12 nitrogen and oxygen atoms in total. The first-order valence-electron chi connectivity index (χ1n) is 22.9. The van der Waals surface area contributed by atoms with E-state index in [0.29, 0.717) is 12.5 Å². The predicted octanol–water partition coefficient (Wildman–Crippen LogP) is 9.25. The fourth-order valence-corrected chi connectivity index (χ4v) is 9.71. The summed E-state index contributed by atoms with van der Waals surface area (Å²) in [5, 5.41) is 18.2. The van der Waals surface area contributed by atoms with Crippen molar-refractivity contribution in [2.45, 2.75) is 83.5 Å². The van der Waals surface area contributed by atoms with Crippen LogP contribution in [0.2, 0.25) is 0 Å². The second kappa shape index (κ2) is 18.7. The van der Waals surface area contributed by atoms with E-state index in [1.807, 2.05) is 57.0 Å². The smallest absolute Gasteiger partial charge is 0.317 e. The number of nitrogens with one attached hydrogen (secondary N) is 2. The van der Waals surface area contributed by atoms with Crippen LogP contribution < -0.4 is 10.6 Å². The fraction of sp³-hybridized carbons (Fsp3) is 0.420. The highest BCUT2D eigenvalue weighted by Gasteiger charge is 2.27. The first-order chi connectivity index (χ1) is 30.6. The fourth-order valence-electron chi connectivity index (χ4n) is 9.71. The van der Waals surface area contributed by atoms with Gasteiger partial charge in [-0.3, -0.25) is 0 Å². The van der Waals surface area contributed by atoms with Crippen molar-refractivity contribution in [2.24, 2.45) is 11.8 Å². The Labute approximate surface area is 363 Å². The third-order valence-electron chi connectivity index (χ3n) is 13.2. The van der Waals surface area contributed by atoms with Crippen molar-refractivity contribution < 1.29 is 14.3 Å². The van der Waals surface area contributed by atoms with Gasteiger partial charge in [-0.2, -0.15) is 10.2 Å². The molecule has 8 heterocycles. The molecule has 0 bridgehead atoms. The molecule has 4 aliphatic heterocycles. The minimum absolute atomic E-state index is 0.0301. The summed E-state index contributed by atoms with van der Waals surface area (Å²) in [6, 6.07) is 27.9. The molecule has 2 amide bonds. The number of rotatable bonds is 10. The molecule has 7 aromatic rings. The summed E-state index contributed by atoms with van der Waals surface area (Å²) in [5.74, 6) is 1.20. The lowest BCUT2D eigenvalue weighted by Crippen LogP contribution is -2.38.